The van der Waals surface area contributed by atoms with Crippen LogP contribution in [-0.4, -0.2) is 27.1 Å². The smallest absolute Gasteiger partial charge is 0.342 e. The van der Waals surface area contributed by atoms with Crippen molar-refractivity contribution >= 4 is 17.8 Å². The van der Waals surface area contributed by atoms with Gasteiger partial charge in [0.05, 0.1) is 11.6 Å². The average molecular weight is 299 g/mol. The standard InChI is InChI=1S/C14H9N3O5/c15-5-6-1-3-7(4-2-6)8-9(13(19)20)11(16)17-12(18)10(8)14(21)22/h1-4H,(H,19,20)(H,21,22)(H3,16,17,18). The van der Waals surface area contributed by atoms with Gasteiger partial charge in [0.25, 0.3) is 5.56 Å². The number of hydrogen-bond acceptors (Lipinski definition) is 5. The third-order valence-electron chi connectivity index (χ3n) is 2.98. The first-order valence-electron chi connectivity index (χ1n) is 5.89. The van der Waals surface area contributed by atoms with Gasteiger partial charge < -0.3 is 20.9 Å². The molecule has 0 amide bonds. The van der Waals surface area contributed by atoms with E-state index in [-0.39, 0.29) is 11.1 Å². The number of rotatable bonds is 3. The van der Waals surface area contributed by atoms with Crippen LogP contribution in [0.25, 0.3) is 11.1 Å². The normalized spacial score (nSPS) is 9.95. The van der Waals surface area contributed by atoms with Crippen LogP contribution in [-0.2, 0) is 0 Å². The molecule has 1 aromatic heterocycles. The number of carboxylic acids is 2. The van der Waals surface area contributed by atoms with Gasteiger partial charge >= 0.3 is 11.9 Å². The maximum Gasteiger partial charge on any atom is 0.342 e. The number of nitrogens with two attached hydrogens (primary N) is 1. The highest BCUT2D eigenvalue weighted by molar-refractivity contribution is 6.07. The molecule has 0 spiro atoms. The van der Waals surface area contributed by atoms with Crippen molar-refractivity contribution in [3.05, 3.63) is 51.3 Å². The predicted molar refractivity (Wildman–Crippen MR) is 75.5 cm³/mol. The topological polar surface area (TPSA) is 157 Å². The molecule has 8 heteroatoms. The van der Waals surface area contributed by atoms with E-state index in [0.29, 0.717) is 5.56 Å². The van der Waals surface area contributed by atoms with Crippen LogP contribution in [0.2, 0.25) is 0 Å². The van der Waals surface area contributed by atoms with Gasteiger partial charge in [-0.2, -0.15) is 5.26 Å². The minimum Gasteiger partial charge on any atom is -0.478 e. The van der Waals surface area contributed by atoms with Gasteiger partial charge in [-0.15, -0.1) is 0 Å². The number of carboxylic acid groups (broad SMARTS) is 2. The van der Waals surface area contributed by atoms with E-state index in [9.17, 15) is 24.6 Å². The zero-order chi connectivity index (χ0) is 16.4. The zero-order valence-electron chi connectivity index (χ0n) is 11.0. The second-order valence-corrected chi connectivity index (χ2v) is 4.29. The summed E-state index contributed by atoms with van der Waals surface area (Å²) in [6.45, 7) is 0. The first-order valence-corrected chi connectivity index (χ1v) is 5.89. The highest BCUT2D eigenvalue weighted by Gasteiger charge is 2.26. The number of benzene rings is 1. The van der Waals surface area contributed by atoms with Crippen molar-refractivity contribution in [2.24, 2.45) is 0 Å². The number of aromatic carboxylic acids is 2. The van der Waals surface area contributed by atoms with E-state index in [1.807, 2.05) is 11.1 Å². The fourth-order valence-corrected chi connectivity index (χ4v) is 2.05. The summed E-state index contributed by atoms with van der Waals surface area (Å²) in [4.78, 5) is 36.5. The Bertz CT molecular complexity index is 875. The number of nitriles is 1. The molecule has 22 heavy (non-hydrogen) atoms. The van der Waals surface area contributed by atoms with Crippen molar-refractivity contribution < 1.29 is 19.8 Å². The molecule has 5 N–H and O–H groups in total. The lowest BCUT2D eigenvalue weighted by Crippen LogP contribution is -2.24. The average Bonchev–Trinajstić information content (AvgIpc) is 2.45. The van der Waals surface area contributed by atoms with E-state index in [1.54, 1.807) is 0 Å². The van der Waals surface area contributed by atoms with Crippen LogP contribution in [0.1, 0.15) is 26.3 Å². The Morgan fingerprint density at radius 2 is 1.64 bits per heavy atom. The summed E-state index contributed by atoms with van der Waals surface area (Å²) in [6.07, 6.45) is 0. The third kappa shape index (κ3) is 2.38. The van der Waals surface area contributed by atoms with Crippen LogP contribution < -0.4 is 11.3 Å². The van der Waals surface area contributed by atoms with E-state index in [1.165, 1.54) is 24.3 Å². The van der Waals surface area contributed by atoms with Crippen LogP contribution in [0.4, 0.5) is 5.82 Å². The first kappa shape index (κ1) is 14.8. The van der Waals surface area contributed by atoms with E-state index < -0.39 is 34.4 Å². The Hall–Kier alpha value is -3.60. The summed E-state index contributed by atoms with van der Waals surface area (Å²) in [7, 11) is 0. The van der Waals surface area contributed by atoms with Gasteiger partial charge in [0.1, 0.15) is 16.9 Å². The number of nitrogen functional groups attached to an aromatic ring is 1. The van der Waals surface area contributed by atoms with E-state index in [2.05, 4.69) is 0 Å². The molecule has 2 aromatic rings. The third-order valence-corrected chi connectivity index (χ3v) is 2.98. The van der Waals surface area contributed by atoms with Gasteiger partial charge in [-0.3, -0.25) is 4.79 Å². The second kappa shape index (κ2) is 5.41. The molecule has 0 saturated heterocycles. The largest absolute Gasteiger partial charge is 0.478 e. The zero-order valence-corrected chi connectivity index (χ0v) is 11.0. The number of carbonyl (C=O) groups is 2. The highest BCUT2D eigenvalue weighted by Crippen LogP contribution is 2.29. The Morgan fingerprint density at radius 1 is 1.09 bits per heavy atom. The first-order chi connectivity index (χ1) is 10.4. The number of anilines is 1. The summed E-state index contributed by atoms with van der Waals surface area (Å²) >= 11 is 0. The van der Waals surface area contributed by atoms with Crippen molar-refractivity contribution in [1.29, 1.82) is 5.26 Å². The molecule has 0 saturated carbocycles. The molecule has 0 fully saturated rings. The van der Waals surface area contributed by atoms with E-state index in [4.69, 9.17) is 11.0 Å². The maximum atomic E-state index is 11.8. The molecule has 0 bridgehead atoms. The summed E-state index contributed by atoms with van der Waals surface area (Å²) in [5.41, 5.74) is 3.42. The molecule has 0 aliphatic heterocycles. The number of nitrogens with zero attached hydrogens (tertiary/aromatic N) is 1. The molecule has 0 atom stereocenters. The van der Waals surface area contributed by atoms with Crippen molar-refractivity contribution in [3.8, 4) is 17.2 Å². The quantitative estimate of drug-likeness (QED) is 0.655. The molecular weight excluding hydrogens is 290 g/mol. The molecule has 1 aromatic carbocycles. The summed E-state index contributed by atoms with van der Waals surface area (Å²) < 4.78 is 0. The highest BCUT2D eigenvalue weighted by atomic mass is 16.4. The molecule has 0 aliphatic carbocycles. The molecule has 0 unspecified atom stereocenters. The van der Waals surface area contributed by atoms with Gasteiger partial charge in [-0.05, 0) is 17.7 Å². The SMILES string of the molecule is N#Cc1ccc(-c2c(C(=O)O)c(N)[nH]c(=O)c2C(=O)O)cc1. The molecule has 0 radical (unpaired) electrons. The number of nitrogens with one attached hydrogen (secondary N) is 1. The minimum atomic E-state index is -1.58. The van der Waals surface area contributed by atoms with E-state index >= 15 is 0 Å². The monoisotopic (exact) mass is 299 g/mol. The molecule has 8 nitrogen and oxygen atoms in total. The van der Waals surface area contributed by atoms with Crippen molar-refractivity contribution in [2.75, 3.05) is 5.73 Å². The van der Waals surface area contributed by atoms with Crippen molar-refractivity contribution in [1.82, 2.24) is 4.98 Å². The molecule has 2 rings (SSSR count). The minimum absolute atomic E-state index is 0.159. The van der Waals surface area contributed by atoms with Gasteiger partial charge in [-0.1, -0.05) is 12.1 Å². The fourth-order valence-electron chi connectivity index (χ4n) is 2.05. The second-order valence-electron chi connectivity index (χ2n) is 4.29. The van der Waals surface area contributed by atoms with Crippen LogP contribution in [0.3, 0.4) is 0 Å². The van der Waals surface area contributed by atoms with Crippen LogP contribution in [0, 0.1) is 11.3 Å². The lowest BCUT2D eigenvalue weighted by Gasteiger charge is -2.12. The van der Waals surface area contributed by atoms with E-state index in [0.717, 1.165) is 0 Å². The number of pyridine rings is 1. The van der Waals surface area contributed by atoms with Gasteiger partial charge in [-0.25, -0.2) is 9.59 Å². The van der Waals surface area contributed by atoms with Gasteiger partial charge in [0.2, 0.25) is 0 Å². The van der Waals surface area contributed by atoms with Crippen molar-refractivity contribution in [2.45, 2.75) is 0 Å². The van der Waals surface area contributed by atoms with Crippen LogP contribution in [0.5, 0.6) is 0 Å². The molecule has 110 valence electrons. The summed E-state index contributed by atoms with van der Waals surface area (Å²) in [5.74, 6) is -3.50. The fraction of sp³-hybridized carbons (Fsp3) is 0. The lowest BCUT2D eigenvalue weighted by molar-refractivity contribution is 0.0695. The predicted octanol–water partition coefficient (Wildman–Crippen LogP) is 0.892. The number of aromatic amines is 1. The van der Waals surface area contributed by atoms with Gasteiger partial charge in [0, 0.05) is 5.56 Å². The molecular formula is C14H9N3O5. The Kier molecular flexibility index (Phi) is 3.64. The Balaban J connectivity index is 2.92. The van der Waals surface area contributed by atoms with Gasteiger partial charge in [0.15, 0.2) is 0 Å². The Labute approximate surface area is 123 Å². The molecule has 0 aliphatic rings. The molecule has 1 heterocycles. The summed E-state index contributed by atoms with van der Waals surface area (Å²) in [6, 6.07) is 7.34. The summed E-state index contributed by atoms with van der Waals surface area (Å²) in [5, 5.41) is 27.2. The lowest BCUT2D eigenvalue weighted by atomic mass is 9.95. The maximum absolute atomic E-state index is 11.8. The van der Waals surface area contributed by atoms with Crippen LogP contribution in [0.15, 0.2) is 29.1 Å². The number of H-pyrrole nitrogens is 1. The Morgan fingerprint density at radius 3 is 2.09 bits per heavy atom. The van der Waals surface area contributed by atoms with Crippen LogP contribution >= 0.6 is 0 Å². The number of hydrogen-bond donors (Lipinski definition) is 4. The number of aromatic nitrogens is 1. The van der Waals surface area contributed by atoms with Crippen molar-refractivity contribution in [3.63, 3.8) is 0 Å².